The Morgan fingerprint density at radius 1 is 1.40 bits per heavy atom. The van der Waals surface area contributed by atoms with Gasteiger partial charge in [-0.1, -0.05) is 0 Å². The molecule has 0 radical (unpaired) electrons. The van der Waals surface area contributed by atoms with Crippen LogP contribution in [0, 0.1) is 17.3 Å². The molecule has 2 aromatic rings. The van der Waals surface area contributed by atoms with Gasteiger partial charge in [-0.25, -0.2) is 4.98 Å². The molecule has 4 nitrogen and oxygen atoms in total. The van der Waals surface area contributed by atoms with Crippen molar-refractivity contribution in [3.05, 3.63) is 35.3 Å². The minimum atomic E-state index is -0.565. The van der Waals surface area contributed by atoms with E-state index in [0.29, 0.717) is 34.4 Å². The summed E-state index contributed by atoms with van der Waals surface area (Å²) in [4.78, 5) is 3.93. The average molecular weight is 274 g/mol. The van der Waals surface area contributed by atoms with Gasteiger partial charge in [-0.3, -0.25) is 0 Å². The molecule has 0 amide bonds. The molecule has 0 spiro atoms. The van der Waals surface area contributed by atoms with Crippen LogP contribution in [0.2, 0.25) is 0 Å². The smallest absolute Gasteiger partial charge is 0.219 e. The third-order valence-electron chi connectivity index (χ3n) is 3.09. The van der Waals surface area contributed by atoms with Crippen LogP contribution in [0.4, 0.5) is 4.39 Å². The number of nitrogens with zero attached hydrogens (tertiary/aromatic N) is 2. The number of hydrogen-bond donors (Lipinski definition) is 0. The van der Waals surface area contributed by atoms with Gasteiger partial charge in [0.25, 0.3) is 0 Å². The van der Waals surface area contributed by atoms with Crippen molar-refractivity contribution in [2.45, 2.75) is 20.0 Å². The molecule has 1 heterocycles. The highest BCUT2D eigenvalue weighted by molar-refractivity contribution is 5.83. The number of benzene rings is 1. The lowest BCUT2D eigenvalue weighted by Crippen LogP contribution is -2.04. The van der Waals surface area contributed by atoms with E-state index < -0.39 is 5.95 Å². The number of rotatable bonds is 4. The molecule has 1 unspecified atom stereocenters. The van der Waals surface area contributed by atoms with Gasteiger partial charge >= 0.3 is 0 Å². The first-order valence-corrected chi connectivity index (χ1v) is 6.30. The Bertz CT molecular complexity index is 680. The van der Waals surface area contributed by atoms with Crippen LogP contribution in [0.1, 0.15) is 31.1 Å². The number of nitriles is 1. The number of methoxy groups -OCH3 is 1. The highest BCUT2D eigenvalue weighted by Crippen LogP contribution is 2.28. The monoisotopic (exact) mass is 274 g/mol. The zero-order valence-electron chi connectivity index (χ0n) is 11.6. The Hall–Kier alpha value is -2.19. The van der Waals surface area contributed by atoms with Crippen molar-refractivity contribution in [1.29, 1.82) is 5.26 Å². The van der Waals surface area contributed by atoms with Crippen LogP contribution in [0.15, 0.2) is 18.2 Å². The molecule has 104 valence electrons. The zero-order valence-corrected chi connectivity index (χ0v) is 11.6. The molecule has 0 saturated carbocycles. The van der Waals surface area contributed by atoms with E-state index in [2.05, 4.69) is 4.98 Å². The van der Waals surface area contributed by atoms with Crippen molar-refractivity contribution in [2.75, 3.05) is 13.7 Å². The first kappa shape index (κ1) is 14.2. The number of ether oxygens (including phenoxy) is 2. The van der Waals surface area contributed by atoms with Crippen LogP contribution >= 0.6 is 0 Å². The van der Waals surface area contributed by atoms with Gasteiger partial charge < -0.3 is 9.47 Å². The van der Waals surface area contributed by atoms with E-state index >= 15 is 0 Å². The number of aromatic nitrogens is 1. The quantitative estimate of drug-likeness (QED) is 0.802. The third-order valence-corrected chi connectivity index (χ3v) is 3.09. The van der Waals surface area contributed by atoms with Crippen molar-refractivity contribution < 1.29 is 13.9 Å². The molecular weight excluding hydrogens is 259 g/mol. The molecule has 5 heteroatoms. The number of pyridine rings is 1. The summed E-state index contributed by atoms with van der Waals surface area (Å²) >= 11 is 0. The molecule has 0 aliphatic heterocycles. The van der Waals surface area contributed by atoms with E-state index in [9.17, 15) is 4.39 Å². The zero-order chi connectivity index (χ0) is 14.7. The molecule has 0 bridgehead atoms. The fourth-order valence-corrected chi connectivity index (χ4v) is 2.08. The van der Waals surface area contributed by atoms with Crippen LogP contribution < -0.4 is 4.74 Å². The maximum Gasteiger partial charge on any atom is 0.219 e. The second-order valence-corrected chi connectivity index (χ2v) is 4.32. The Balaban J connectivity index is 2.61. The first-order valence-electron chi connectivity index (χ1n) is 6.30. The number of hydrogen-bond acceptors (Lipinski definition) is 4. The molecule has 0 N–H and O–H groups in total. The molecule has 20 heavy (non-hydrogen) atoms. The second kappa shape index (κ2) is 5.85. The largest absolute Gasteiger partial charge is 0.495 e. The fourth-order valence-electron chi connectivity index (χ4n) is 2.08. The van der Waals surface area contributed by atoms with Crippen LogP contribution in [0.25, 0.3) is 10.9 Å². The van der Waals surface area contributed by atoms with E-state index in [1.807, 2.05) is 13.0 Å². The van der Waals surface area contributed by atoms with Crippen molar-refractivity contribution in [3.63, 3.8) is 0 Å². The molecule has 1 aromatic heterocycles. The van der Waals surface area contributed by atoms with E-state index in [-0.39, 0.29) is 6.10 Å². The summed E-state index contributed by atoms with van der Waals surface area (Å²) in [6, 6.07) is 6.92. The van der Waals surface area contributed by atoms with Gasteiger partial charge in [-0.05, 0) is 26.0 Å². The maximum absolute atomic E-state index is 14.0. The van der Waals surface area contributed by atoms with Gasteiger partial charge in [0.15, 0.2) is 0 Å². The van der Waals surface area contributed by atoms with Crippen LogP contribution in [0.3, 0.4) is 0 Å². The van der Waals surface area contributed by atoms with Crippen molar-refractivity contribution in [1.82, 2.24) is 4.98 Å². The Morgan fingerprint density at radius 3 is 2.75 bits per heavy atom. The summed E-state index contributed by atoms with van der Waals surface area (Å²) in [6.07, 6.45) is -0.385. The second-order valence-electron chi connectivity index (χ2n) is 4.32. The van der Waals surface area contributed by atoms with Gasteiger partial charge in [0.2, 0.25) is 5.95 Å². The third kappa shape index (κ3) is 2.56. The summed E-state index contributed by atoms with van der Waals surface area (Å²) < 4.78 is 24.5. The summed E-state index contributed by atoms with van der Waals surface area (Å²) in [6.45, 7) is 4.11. The van der Waals surface area contributed by atoms with E-state index in [4.69, 9.17) is 14.7 Å². The van der Waals surface area contributed by atoms with Gasteiger partial charge in [-0.15, -0.1) is 0 Å². The van der Waals surface area contributed by atoms with Crippen LogP contribution in [-0.2, 0) is 4.74 Å². The van der Waals surface area contributed by atoms with Crippen LogP contribution in [0.5, 0.6) is 5.75 Å². The average Bonchev–Trinajstić information content (AvgIpc) is 2.45. The first-order chi connectivity index (χ1) is 9.60. The Kier molecular flexibility index (Phi) is 4.16. The predicted molar refractivity (Wildman–Crippen MR) is 73.0 cm³/mol. The molecule has 1 atom stereocenters. The standard InChI is InChI=1S/C15H15FN2O2/c1-4-20-9(2)12-6-10-5-11(8-17)14(19-3)7-13(10)18-15(12)16/h5-7,9H,4H2,1-3H3. The molecule has 0 saturated heterocycles. The highest BCUT2D eigenvalue weighted by atomic mass is 19.1. The minimum absolute atomic E-state index is 0.383. The predicted octanol–water partition coefficient (Wildman–Crippen LogP) is 3.35. The molecule has 2 rings (SSSR count). The lowest BCUT2D eigenvalue weighted by molar-refractivity contribution is 0.0734. The summed E-state index contributed by atoms with van der Waals surface area (Å²) in [7, 11) is 1.46. The Morgan fingerprint density at radius 2 is 2.15 bits per heavy atom. The lowest BCUT2D eigenvalue weighted by Gasteiger charge is -2.13. The van der Waals surface area contributed by atoms with Gasteiger partial charge in [-0.2, -0.15) is 9.65 Å². The summed E-state index contributed by atoms with van der Waals surface area (Å²) in [5, 5.41) is 9.76. The van der Waals surface area contributed by atoms with Crippen molar-refractivity contribution in [3.8, 4) is 11.8 Å². The van der Waals surface area contributed by atoms with Gasteiger partial charge in [0.1, 0.15) is 11.8 Å². The summed E-state index contributed by atoms with van der Waals surface area (Å²) in [5.74, 6) is -0.178. The topological polar surface area (TPSA) is 55.1 Å². The molecule has 0 aliphatic carbocycles. The number of halogens is 1. The lowest BCUT2D eigenvalue weighted by atomic mass is 10.1. The normalized spacial score (nSPS) is 12.2. The van der Waals surface area contributed by atoms with Crippen molar-refractivity contribution >= 4 is 10.9 Å². The molecule has 0 fully saturated rings. The maximum atomic E-state index is 14.0. The summed E-state index contributed by atoms with van der Waals surface area (Å²) in [5.41, 5.74) is 1.22. The van der Waals surface area contributed by atoms with Crippen LogP contribution in [-0.4, -0.2) is 18.7 Å². The van der Waals surface area contributed by atoms with E-state index in [1.54, 1.807) is 25.1 Å². The SMILES string of the molecule is CCOC(C)c1cc2cc(C#N)c(OC)cc2nc1F. The fraction of sp³-hybridized carbons (Fsp3) is 0.333. The van der Waals surface area contributed by atoms with Gasteiger partial charge in [0.05, 0.1) is 24.3 Å². The highest BCUT2D eigenvalue weighted by Gasteiger charge is 2.15. The van der Waals surface area contributed by atoms with Gasteiger partial charge in [0, 0.05) is 23.6 Å². The van der Waals surface area contributed by atoms with Crippen molar-refractivity contribution in [2.24, 2.45) is 0 Å². The number of fused-ring (bicyclic) bond motifs is 1. The Labute approximate surface area is 116 Å². The van der Waals surface area contributed by atoms with E-state index in [0.717, 1.165) is 0 Å². The van der Waals surface area contributed by atoms with E-state index in [1.165, 1.54) is 7.11 Å². The molecular formula is C15H15FN2O2. The molecule has 1 aromatic carbocycles. The molecule has 0 aliphatic rings. The minimum Gasteiger partial charge on any atom is -0.495 e.